The predicted molar refractivity (Wildman–Crippen MR) is 84.3 cm³/mol. The highest BCUT2D eigenvalue weighted by Gasteiger charge is 2.49. The molecule has 0 spiro atoms. The maximum Gasteiger partial charge on any atom is 0.414 e. The van der Waals surface area contributed by atoms with Crippen LogP contribution in [0.5, 0.6) is 0 Å². The number of primary amides is 1. The summed E-state index contributed by atoms with van der Waals surface area (Å²) in [4.78, 5) is 25.6. The van der Waals surface area contributed by atoms with Gasteiger partial charge in [-0.2, -0.15) is 13.2 Å². The van der Waals surface area contributed by atoms with Crippen LogP contribution in [-0.4, -0.2) is 43.4 Å². The number of amides is 2. The lowest BCUT2D eigenvalue weighted by Gasteiger charge is -2.44. The largest absolute Gasteiger partial charge is 0.444 e. The lowest BCUT2D eigenvalue weighted by molar-refractivity contribution is -0.159. The lowest BCUT2D eigenvalue weighted by atomic mass is 10.0. The molecule has 1 aromatic carbocycles. The number of benzene rings is 1. The van der Waals surface area contributed by atoms with Gasteiger partial charge in [0.1, 0.15) is 12.1 Å². The van der Waals surface area contributed by atoms with E-state index in [0.717, 1.165) is 0 Å². The molecule has 3 rings (SSSR count). The van der Waals surface area contributed by atoms with E-state index in [1.807, 2.05) is 0 Å². The monoisotopic (exact) mass is 357 g/mol. The van der Waals surface area contributed by atoms with Crippen LogP contribution in [0.25, 0.3) is 0 Å². The van der Waals surface area contributed by atoms with E-state index < -0.39 is 30.3 Å². The quantitative estimate of drug-likeness (QED) is 0.878. The summed E-state index contributed by atoms with van der Waals surface area (Å²) in [6, 6.07) is 4.91. The van der Waals surface area contributed by atoms with E-state index in [1.54, 1.807) is 24.3 Å². The second kappa shape index (κ2) is 6.45. The molecule has 0 aliphatic carbocycles. The summed E-state index contributed by atoms with van der Waals surface area (Å²) in [7, 11) is 0. The van der Waals surface area contributed by atoms with Gasteiger partial charge in [0.05, 0.1) is 17.9 Å². The van der Waals surface area contributed by atoms with Gasteiger partial charge in [0.25, 0.3) is 0 Å². The molecule has 2 aliphatic rings. The third-order valence-electron chi connectivity index (χ3n) is 4.47. The van der Waals surface area contributed by atoms with Crippen LogP contribution >= 0.6 is 0 Å². The van der Waals surface area contributed by atoms with Crippen LogP contribution in [0.1, 0.15) is 19.3 Å². The Morgan fingerprint density at radius 2 is 1.96 bits per heavy atom. The number of hydrogen-bond acceptors (Lipinski definition) is 4. The molecule has 9 heteroatoms. The van der Waals surface area contributed by atoms with Gasteiger partial charge in [-0.05, 0) is 25.0 Å². The van der Waals surface area contributed by atoms with Gasteiger partial charge in [-0.25, -0.2) is 4.79 Å². The summed E-state index contributed by atoms with van der Waals surface area (Å²) >= 11 is 0. The van der Waals surface area contributed by atoms with E-state index in [2.05, 4.69) is 0 Å². The minimum Gasteiger partial charge on any atom is -0.444 e. The number of cyclic esters (lactones) is 1. The van der Waals surface area contributed by atoms with Crippen molar-refractivity contribution in [3.05, 3.63) is 24.3 Å². The molecular formula is C16H18F3N3O3. The smallest absolute Gasteiger partial charge is 0.414 e. The van der Waals surface area contributed by atoms with E-state index in [1.165, 1.54) is 9.80 Å². The molecule has 2 aliphatic heterocycles. The van der Waals surface area contributed by atoms with Crippen LogP contribution in [0.15, 0.2) is 24.3 Å². The van der Waals surface area contributed by atoms with Gasteiger partial charge < -0.3 is 15.4 Å². The van der Waals surface area contributed by atoms with Crippen molar-refractivity contribution in [2.45, 2.75) is 37.6 Å². The molecule has 1 aromatic rings. The standard InChI is InChI=1S/C16H18F3N3O3/c17-16(18,19)13-7-8-21(13)11-3-1-2-4-12(11)22-9-10(25-15(22)24)5-6-14(20)23/h1-4,10,13H,5-9H2,(H2,20,23). The van der Waals surface area contributed by atoms with Gasteiger partial charge >= 0.3 is 12.3 Å². The zero-order chi connectivity index (χ0) is 18.2. The van der Waals surface area contributed by atoms with Crippen molar-refractivity contribution < 1.29 is 27.5 Å². The van der Waals surface area contributed by atoms with Crippen LogP contribution in [0, 0.1) is 0 Å². The molecule has 0 bridgehead atoms. The third kappa shape index (κ3) is 3.49. The van der Waals surface area contributed by atoms with Crippen LogP contribution in [0.2, 0.25) is 0 Å². The number of hydrogen-bond donors (Lipinski definition) is 1. The average molecular weight is 357 g/mol. The highest BCUT2D eigenvalue weighted by atomic mass is 19.4. The summed E-state index contributed by atoms with van der Waals surface area (Å²) in [5, 5.41) is 0. The fourth-order valence-corrected chi connectivity index (χ4v) is 3.12. The maximum atomic E-state index is 13.1. The SMILES string of the molecule is NC(=O)CCC1CN(c2ccccc2N2CCC2C(F)(F)F)C(=O)O1. The molecule has 2 amide bonds. The molecule has 2 N–H and O–H groups in total. The number of anilines is 2. The fraction of sp³-hybridized carbons (Fsp3) is 0.500. The minimum absolute atomic E-state index is 0.0313. The second-order valence-corrected chi connectivity index (χ2v) is 6.15. The molecular weight excluding hydrogens is 339 g/mol. The number of nitrogens with zero attached hydrogens (tertiary/aromatic N) is 2. The van der Waals surface area contributed by atoms with Crippen molar-refractivity contribution in [2.75, 3.05) is 22.9 Å². The second-order valence-electron chi connectivity index (χ2n) is 6.15. The van der Waals surface area contributed by atoms with Gasteiger partial charge in [0, 0.05) is 13.0 Å². The predicted octanol–water partition coefficient (Wildman–Crippen LogP) is 2.42. The first kappa shape index (κ1) is 17.4. The van der Waals surface area contributed by atoms with Gasteiger partial charge in [-0.15, -0.1) is 0 Å². The molecule has 2 saturated heterocycles. The van der Waals surface area contributed by atoms with E-state index in [9.17, 15) is 22.8 Å². The number of alkyl halides is 3. The van der Waals surface area contributed by atoms with Crippen LogP contribution in [0.4, 0.5) is 29.3 Å². The Kier molecular flexibility index (Phi) is 4.49. The molecule has 2 unspecified atom stereocenters. The Balaban J connectivity index is 1.80. The zero-order valence-electron chi connectivity index (χ0n) is 13.3. The number of carbonyl (C=O) groups is 2. The highest BCUT2D eigenvalue weighted by Crippen LogP contribution is 2.42. The van der Waals surface area contributed by atoms with Crippen molar-refractivity contribution in [3.63, 3.8) is 0 Å². The summed E-state index contributed by atoms with van der Waals surface area (Å²) in [6.07, 6.45) is -5.07. The number of rotatable bonds is 5. The number of halogens is 3. The van der Waals surface area contributed by atoms with Crippen LogP contribution in [-0.2, 0) is 9.53 Å². The summed E-state index contributed by atoms with van der Waals surface area (Å²) in [5.41, 5.74) is 5.82. The zero-order valence-corrected chi connectivity index (χ0v) is 13.3. The third-order valence-corrected chi connectivity index (χ3v) is 4.47. The topological polar surface area (TPSA) is 75.9 Å². The van der Waals surface area contributed by atoms with Crippen molar-refractivity contribution in [2.24, 2.45) is 5.73 Å². The molecule has 2 fully saturated rings. The Morgan fingerprint density at radius 1 is 1.28 bits per heavy atom. The Hall–Kier alpha value is -2.45. The fourth-order valence-electron chi connectivity index (χ4n) is 3.12. The van der Waals surface area contributed by atoms with E-state index in [4.69, 9.17) is 10.5 Å². The molecule has 0 saturated carbocycles. The van der Waals surface area contributed by atoms with E-state index in [-0.39, 0.29) is 32.4 Å². The number of para-hydroxylation sites is 2. The van der Waals surface area contributed by atoms with E-state index >= 15 is 0 Å². The minimum atomic E-state index is -4.32. The molecule has 2 atom stereocenters. The Labute approximate surface area is 142 Å². The molecule has 2 heterocycles. The summed E-state index contributed by atoms with van der Waals surface area (Å²) < 4.78 is 44.4. The average Bonchev–Trinajstić information content (AvgIpc) is 2.84. The molecule has 0 aromatic heterocycles. The maximum absolute atomic E-state index is 13.1. The summed E-state index contributed by atoms with van der Waals surface area (Å²) in [5.74, 6) is -0.497. The first-order chi connectivity index (χ1) is 11.8. The van der Waals surface area contributed by atoms with Gasteiger partial charge in [0.2, 0.25) is 5.91 Å². The Morgan fingerprint density at radius 3 is 2.52 bits per heavy atom. The van der Waals surface area contributed by atoms with Crippen LogP contribution < -0.4 is 15.5 Å². The summed E-state index contributed by atoms with van der Waals surface area (Å²) in [6.45, 7) is 0.447. The Bertz CT molecular complexity index is 680. The lowest BCUT2D eigenvalue weighted by Crippen LogP contribution is -2.56. The van der Waals surface area contributed by atoms with Crippen molar-refractivity contribution in [3.8, 4) is 0 Å². The molecule has 6 nitrogen and oxygen atoms in total. The molecule has 136 valence electrons. The van der Waals surface area contributed by atoms with Gasteiger partial charge in [0.15, 0.2) is 0 Å². The number of ether oxygens (including phenoxy) is 1. The van der Waals surface area contributed by atoms with Crippen molar-refractivity contribution in [1.82, 2.24) is 0 Å². The first-order valence-electron chi connectivity index (χ1n) is 7.96. The molecule has 0 radical (unpaired) electrons. The van der Waals surface area contributed by atoms with Gasteiger partial charge in [-0.3, -0.25) is 9.69 Å². The van der Waals surface area contributed by atoms with E-state index in [0.29, 0.717) is 11.4 Å². The van der Waals surface area contributed by atoms with Gasteiger partial charge in [-0.1, -0.05) is 12.1 Å². The molecule has 25 heavy (non-hydrogen) atoms. The first-order valence-corrected chi connectivity index (χ1v) is 7.96. The number of carbonyl (C=O) groups excluding carboxylic acids is 2. The van der Waals surface area contributed by atoms with Crippen molar-refractivity contribution >= 4 is 23.4 Å². The van der Waals surface area contributed by atoms with Crippen molar-refractivity contribution in [1.29, 1.82) is 0 Å². The normalized spacial score (nSPS) is 23.4. The number of nitrogens with two attached hydrogens (primary N) is 1. The highest BCUT2D eigenvalue weighted by molar-refractivity contribution is 5.94. The van der Waals surface area contributed by atoms with Crippen LogP contribution in [0.3, 0.4) is 0 Å².